The van der Waals surface area contributed by atoms with Crippen LogP contribution >= 0.6 is 0 Å². The number of methoxy groups -OCH3 is 1. The molecule has 90 valence electrons. The minimum Gasteiger partial charge on any atom is -0.377 e. The van der Waals surface area contributed by atoms with Gasteiger partial charge in [-0.05, 0) is 6.07 Å². The van der Waals surface area contributed by atoms with Gasteiger partial charge in [-0.1, -0.05) is 0 Å². The Morgan fingerprint density at radius 2 is 2.47 bits per heavy atom. The largest absolute Gasteiger partial charge is 0.377 e. The molecule has 0 radical (unpaired) electrons. The Morgan fingerprint density at radius 3 is 3.06 bits per heavy atom. The normalized spacial score (nSPS) is 23.6. The lowest BCUT2D eigenvalue weighted by Crippen LogP contribution is -2.29. The molecule has 0 bridgehead atoms. The van der Waals surface area contributed by atoms with Gasteiger partial charge < -0.3 is 9.64 Å². The van der Waals surface area contributed by atoms with Gasteiger partial charge in [0.05, 0.1) is 18.2 Å². The molecule has 1 fully saturated rings. The monoisotopic (exact) mass is 234 g/mol. The summed E-state index contributed by atoms with van der Waals surface area (Å²) in [6.07, 6.45) is 3.40. The first-order valence-corrected chi connectivity index (χ1v) is 5.43. The standard InChI is InChI=1S/C11H14N4O2/c1-17-10-8-14(11(16)3-4-12)7-9(10)15-6-2-5-13-15/h2,5-6,9-10H,3,7-8H2,1H3/t9-,10+/m0/s1. The van der Waals surface area contributed by atoms with Crippen molar-refractivity contribution < 1.29 is 9.53 Å². The van der Waals surface area contributed by atoms with Gasteiger partial charge in [-0.3, -0.25) is 9.48 Å². The molecule has 2 rings (SSSR count). The van der Waals surface area contributed by atoms with E-state index >= 15 is 0 Å². The zero-order valence-corrected chi connectivity index (χ0v) is 9.61. The zero-order valence-electron chi connectivity index (χ0n) is 9.61. The fraction of sp³-hybridized carbons (Fsp3) is 0.545. The van der Waals surface area contributed by atoms with Crippen LogP contribution in [0.4, 0.5) is 0 Å². The van der Waals surface area contributed by atoms with Crippen molar-refractivity contribution in [1.29, 1.82) is 5.26 Å². The molecule has 1 aliphatic rings. The summed E-state index contributed by atoms with van der Waals surface area (Å²) in [5.74, 6) is -0.149. The van der Waals surface area contributed by atoms with E-state index in [1.165, 1.54) is 0 Å². The van der Waals surface area contributed by atoms with Crippen LogP contribution in [-0.4, -0.2) is 46.9 Å². The number of likely N-dealkylation sites (tertiary alicyclic amines) is 1. The minimum absolute atomic E-state index is 0.0256. The molecular formula is C11H14N4O2. The highest BCUT2D eigenvalue weighted by Crippen LogP contribution is 2.24. The van der Waals surface area contributed by atoms with Crippen LogP contribution in [0.3, 0.4) is 0 Å². The van der Waals surface area contributed by atoms with Crippen molar-refractivity contribution in [2.75, 3.05) is 20.2 Å². The topological polar surface area (TPSA) is 71.2 Å². The zero-order chi connectivity index (χ0) is 12.3. The molecule has 0 spiro atoms. The lowest BCUT2D eigenvalue weighted by molar-refractivity contribution is -0.129. The number of carbonyl (C=O) groups is 1. The van der Waals surface area contributed by atoms with Gasteiger partial charge in [-0.25, -0.2) is 0 Å². The van der Waals surface area contributed by atoms with E-state index in [1.54, 1.807) is 22.9 Å². The third kappa shape index (κ3) is 2.29. The van der Waals surface area contributed by atoms with Crippen LogP contribution in [-0.2, 0) is 9.53 Å². The quantitative estimate of drug-likeness (QED) is 0.748. The molecule has 0 aromatic carbocycles. The van der Waals surface area contributed by atoms with Crippen molar-refractivity contribution in [3.63, 3.8) is 0 Å². The SMILES string of the molecule is CO[C@@H]1CN(C(=O)CC#N)C[C@@H]1n1cccn1. The maximum atomic E-state index is 11.6. The summed E-state index contributed by atoms with van der Waals surface area (Å²) >= 11 is 0. The van der Waals surface area contributed by atoms with Gasteiger partial charge in [0.25, 0.3) is 0 Å². The van der Waals surface area contributed by atoms with E-state index < -0.39 is 0 Å². The first kappa shape index (κ1) is 11.6. The Balaban J connectivity index is 2.09. The maximum Gasteiger partial charge on any atom is 0.236 e. The Labute approximate surface area is 99.4 Å². The van der Waals surface area contributed by atoms with Crippen LogP contribution in [0.15, 0.2) is 18.5 Å². The van der Waals surface area contributed by atoms with E-state index in [4.69, 9.17) is 10.00 Å². The number of nitriles is 1. The Bertz CT molecular complexity index is 423. The van der Waals surface area contributed by atoms with Crippen LogP contribution in [0.25, 0.3) is 0 Å². The smallest absolute Gasteiger partial charge is 0.236 e. The lowest BCUT2D eigenvalue weighted by atomic mass is 10.2. The van der Waals surface area contributed by atoms with Crippen LogP contribution in [0.2, 0.25) is 0 Å². The van der Waals surface area contributed by atoms with Crippen molar-refractivity contribution in [1.82, 2.24) is 14.7 Å². The van der Waals surface area contributed by atoms with Gasteiger partial charge in [0.1, 0.15) is 6.42 Å². The molecule has 6 nitrogen and oxygen atoms in total. The number of amides is 1. The lowest BCUT2D eigenvalue weighted by Gasteiger charge is -2.16. The first-order chi connectivity index (χ1) is 8.26. The second-order valence-corrected chi connectivity index (χ2v) is 3.96. The molecule has 0 aliphatic carbocycles. The third-order valence-corrected chi connectivity index (χ3v) is 2.99. The second-order valence-electron chi connectivity index (χ2n) is 3.96. The summed E-state index contributed by atoms with van der Waals surface area (Å²) < 4.78 is 7.17. The predicted octanol–water partition coefficient (Wildman–Crippen LogP) is 0.195. The molecule has 0 N–H and O–H groups in total. The van der Waals surface area contributed by atoms with Crippen LogP contribution in [0.1, 0.15) is 12.5 Å². The van der Waals surface area contributed by atoms with Crippen LogP contribution in [0, 0.1) is 11.3 Å². The first-order valence-electron chi connectivity index (χ1n) is 5.43. The van der Waals surface area contributed by atoms with E-state index in [0.717, 1.165) is 0 Å². The molecular weight excluding hydrogens is 220 g/mol. The van der Waals surface area contributed by atoms with Crippen LogP contribution < -0.4 is 0 Å². The minimum atomic E-state index is -0.149. The van der Waals surface area contributed by atoms with E-state index in [1.807, 2.05) is 18.3 Å². The average Bonchev–Trinajstić information content (AvgIpc) is 2.97. The van der Waals surface area contributed by atoms with E-state index in [0.29, 0.717) is 13.1 Å². The third-order valence-electron chi connectivity index (χ3n) is 2.99. The Kier molecular flexibility index (Phi) is 3.40. The summed E-state index contributed by atoms with van der Waals surface area (Å²) in [5, 5.41) is 12.7. The van der Waals surface area contributed by atoms with Gasteiger partial charge in [-0.15, -0.1) is 0 Å². The van der Waals surface area contributed by atoms with Gasteiger partial charge in [0.15, 0.2) is 0 Å². The number of nitrogens with zero attached hydrogens (tertiary/aromatic N) is 4. The van der Waals surface area contributed by atoms with Gasteiger partial charge in [-0.2, -0.15) is 10.4 Å². The molecule has 1 aromatic rings. The van der Waals surface area contributed by atoms with E-state index in [2.05, 4.69) is 5.10 Å². The van der Waals surface area contributed by atoms with Crippen molar-refractivity contribution in [3.8, 4) is 6.07 Å². The molecule has 1 saturated heterocycles. The van der Waals surface area contributed by atoms with E-state index in [9.17, 15) is 4.79 Å². The van der Waals surface area contributed by atoms with Gasteiger partial charge >= 0.3 is 0 Å². The number of hydrogen-bond donors (Lipinski definition) is 0. The highest BCUT2D eigenvalue weighted by molar-refractivity contribution is 5.78. The summed E-state index contributed by atoms with van der Waals surface area (Å²) in [6.45, 7) is 1.06. The van der Waals surface area contributed by atoms with Crippen molar-refractivity contribution in [2.45, 2.75) is 18.6 Å². The van der Waals surface area contributed by atoms with Crippen LogP contribution in [0.5, 0.6) is 0 Å². The predicted molar refractivity (Wildman–Crippen MR) is 58.9 cm³/mol. The molecule has 1 aliphatic heterocycles. The van der Waals surface area contributed by atoms with Crippen molar-refractivity contribution >= 4 is 5.91 Å². The second kappa shape index (κ2) is 4.97. The Morgan fingerprint density at radius 1 is 1.65 bits per heavy atom. The summed E-state index contributed by atoms with van der Waals surface area (Å²) in [4.78, 5) is 13.3. The van der Waals surface area contributed by atoms with Gasteiger partial charge in [0, 0.05) is 32.6 Å². The Hall–Kier alpha value is -1.87. The fourth-order valence-electron chi connectivity index (χ4n) is 2.10. The van der Waals surface area contributed by atoms with Gasteiger partial charge in [0.2, 0.25) is 5.91 Å². The summed E-state index contributed by atoms with van der Waals surface area (Å²) in [5.41, 5.74) is 0. The molecule has 0 saturated carbocycles. The molecule has 1 amide bonds. The number of ether oxygens (including phenoxy) is 1. The molecule has 2 heterocycles. The maximum absolute atomic E-state index is 11.6. The number of rotatable bonds is 3. The number of aromatic nitrogens is 2. The van der Waals surface area contributed by atoms with Crippen molar-refractivity contribution in [2.24, 2.45) is 0 Å². The highest BCUT2D eigenvalue weighted by Gasteiger charge is 2.36. The fourth-order valence-corrected chi connectivity index (χ4v) is 2.10. The molecule has 6 heteroatoms. The average molecular weight is 234 g/mol. The molecule has 2 atom stereocenters. The highest BCUT2D eigenvalue weighted by atomic mass is 16.5. The number of carbonyl (C=O) groups excluding carboxylic acids is 1. The summed E-state index contributed by atoms with van der Waals surface area (Å²) in [7, 11) is 1.62. The number of hydrogen-bond acceptors (Lipinski definition) is 4. The molecule has 17 heavy (non-hydrogen) atoms. The molecule has 0 unspecified atom stereocenters. The molecule has 1 aromatic heterocycles. The van der Waals surface area contributed by atoms with Crippen molar-refractivity contribution in [3.05, 3.63) is 18.5 Å². The van der Waals surface area contributed by atoms with E-state index in [-0.39, 0.29) is 24.5 Å². The summed E-state index contributed by atoms with van der Waals surface area (Å²) in [6, 6.07) is 3.74.